The average Bonchev–Trinajstić information content (AvgIpc) is 2.73. The fraction of sp³-hybridized carbons (Fsp3) is 0.167. The van der Waals surface area contributed by atoms with Gasteiger partial charge in [-0.3, -0.25) is 9.59 Å². The molecule has 3 aromatic rings. The van der Waals surface area contributed by atoms with Crippen LogP contribution < -0.4 is 5.32 Å². The zero-order valence-corrected chi connectivity index (χ0v) is 16.7. The number of rotatable bonds is 6. The van der Waals surface area contributed by atoms with Crippen molar-refractivity contribution < 1.29 is 27.9 Å². The zero-order chi connectivity index (χ0) is 22.6. The van der Waals surface area contributed by atoms with Gasteiger partial charge in [-0.15, -0.1) is 0 Å². The number of hydrogen-bond donors (Lipinski definition) is 2. The molecule has 2 N–H and O–H groups in total. The summed E-state index contributed by atoms with van der Waals surface area (Å²) in [6.45, 7) is 1.87. The first-order valence-corrected chi connectivity index (χ1v) is 9.61. The lowest BCUT2D eigenvalue weighted by Gasteiger charge is -2.15. The fourth-order valence-corrected chi connectivity index (χ4v) is 3.46. The Kier molecular flexibility index (Phi) is 6.44. The van der Waals surface area contributed by atoms with Crippen LogP contribution in [0.15, 0.2) is 66.7 Å². The molecule has 0 heterocycles. The van der Waals surface area contributed by atoms with E-state index < -0.39 is 23.6 Å². The first-order chi connectivity index (χ1) is 14.7. The average molecular weight is 427 g/mol. The number of carbonyl (C=O) groups is 2. The summed E-state index contributed by atoms with van der Waals surface area (Å²) in [5.41, 5.74) is 2.36. The monoisotopic (exact) mass is 427 g/mol. The molecule has 0 saturated heterocycles. The van der Waals surface area contributed by atoms with Crippen LogP contribution in [0.1, 0.15) is 34.0 Å². The van der Waals surface area contributed by atoms with Crippen molar-refractivity contribution in [2.45, 2.75) is 25.9 Å². The Balaban J connectivity index is 1.94. The van der Waals surface area contributed by atoms with Gasteiger partial charge >= 0.3 is 12.1 Å². The second-order valence-corrected chi connectivity index (χ2v) is 6.94. The molecule has 0 radical (unpaired) electrons. The number of benzene rings is 3. The van der Waals surface area contributed by atoms with Gasteiger partial charge in [-0.05, 0) is 52.9 Å². The van der Waals surface area contributed by atoms with E-state index in [1.807, 2.05) is 6.92 Å². The minimum Gasteiger partial charge on any atom is -0.481 e. The van der Waals surface area contributed by atoms with E-state index in [2.05, 4.69) is 5.32 Å². The first-order valence-electron chi connectivity index (χ1n) is 9.61. The predicted octanol–water partition coefficient (Wildman–Crippen LogP) is 5.81. The molecule has 0 aromatic heterocycles. The molecule has 7 heteroatoms. The van der Waals surface area contributed by atoms with Crippen LogP contribution in [0.4, 0.5) is 18.9 Å². The number of halogens is 3. The quantitative estimate of drug-likeness (QED) is 0.521. The maximum atomic E-state index is 13.0. The molecule has 4 nitrogen and oxygen atoms in total. The molecule has 31 heavy (non-hydrogen) atoms. The Labute approximate surface area is 177 Å². The second kappa shape index (κ2) is 9.04. The SMILES string of the molecule is CCc1c(CC(=O)O)cccc1NC(=O)c1ccccc1-c1ccc(C(F)(F)F)cc1. The minimum atomic E-state index is -4.44. The van der Waals surface area contributed by atoms with E-state index in [1.165, 1.54) is 12.1 Å². The Morgan fingerprint density at radius 1 is 0.935 bits per heavy atom. The lowest BCUT2D eigenvalue weighted by atomic mass is 9.97. The molecule has 0 saturated carbocycles. The number of nitrogens with one attached hydrogen (secondary N) is 1. The summed E-state index contributed by atoms with van der Waals surface area (Å²) in [6, 6.07) is 16.3. The summed E-state index contributed by atoms with van der Waals surface area (Å²) in [6.07, 6.45) is -4.07. The first kappa shape index (κ1) is 22.1. The highest BCUT2D eigenvalue weighted by Crippen LogP contribution is 2.32. The van der Waals surface area contributed by atoms with Gasteiger partial charge in [0.2, 0.25) is 0 Å². The lowest BCUT2D eigenvalue weighted by Crippen LogP contribution is -2.15. The molecule has 3 rings (SSSR count). The van der Waals surface area contributed by atoms with Crippen molar-refractivity contribution in [1.82, 2.24) is 0 Å². The van der Waals surface area contributed by atoms with Crippen LogP contribution in [0.25, 0.3) is 11.1 Å². The summed E-state index contributed by atoms with van der Waals surface area (Å²) in [7, 11) is 0. The molecule has 0 aliphatic rings. The fourth-order valence-electron chi connectivity index (χ4n) is 3.46. The number of hydrogen-bond acceptors (Lipinski definition) is 2. The van der Waals surface area contributed by atoms with Crippen LogP contribution in [0.5, 0.6) is 0 Å². The second-order valence-electron chi connectivity index (χ2n) is 6.94. The van der Waals surface area contributed by atoms with Crippen molar-refractivity contribution >= 4 is 17.6 Å². The summed E-state index contributed by atoms with van der Waals surface area (Å²) in [5, 5.41) is 11.9. The van der Waals surface area contributed by atoms with Crippen molar-refractivity contribution in [3.05, 3.63) is 89.0 Å². The normalized spacial score (nSPS) is 11.2. The third-order valence-electron chi connectivity index (χ3n) is 4.91. The molecule has 3 aromatic carbocycles. The minimum absolute atomic E-state index is 0.158. The van der Waals surface area contributed by atoms with Crippen LogP contribution in [-0.4, -0.2) is 17.0 Å². The van der Waals surface area contributed by atoms with E-state index in [4.69, 9.17) is 5.11 Å². The number of carboxylic acid groups (broad SMARTS) is 1. The molecule has 0 aliphatic heterocycles. The van der Waals surface area contributed by atoms with Crippen LogP contribution in [0, 0.1) is 0 Å². The summed E-state index contributed by atoms with van der Waals surface area (Å²) >= 11 is 0. The van der Waals surface area contributed by atoms with Crippen LogP contribution in [-0.2, 0) is 23.8 Å². The van der Waals surface area contributed by atoms with Gasteiger partial charge in [0.05, 0.1) is 12.0 Å². The summed E-state index contributed by atoms with van der Waals surface area (Å²) < 4.78 is 38.6. The van der Waals surface area contributed by atoms with Gasteiger partial charge in [-0.1, -0.05) is 49.4 Å². The molecule has 160 valence electrons. The highest BCUT2D eigenvalue weighted by molar-refractivity contribution is 6.09. The van der Waals surface area contributed by atoms with Gasteiger partial charge in [-0.25, -0.2) is 0 Å². The lowest BCUT2D eigenvalue weighted by molar-refractivity contribution is -0.138. The molecular weight excluding hydrogens is 407 g/mol. The smallest absolute Gasteiger partial charge is 0.416 e. The van der Waals surface area contributed by atoms with E-state index in [-0.39, 0.29) is 6.42 Å². The van der Waals surface area contributed by atoms with E-state index >= 15 is 0 Å². The van der Waals surface area contributed by atoms with Gasteiger partial charge in [0, 0.05) is 11.3 Å². The van der Waals surface area contributed by atoms with Gasteiger partial charge in [0.1, 0.15) is 0 Å². The summed E-state index contributed by atoms with van der Waals surface area (Å²) in [5.74, 6) is -1.40. The highest BCUT2D eigenvalue weighted by Gasteiger charge is 2.30. The molecular formula is C24H20F3NO3. The standard InChI is InChI=1S/C24H20F3NO3/c1-2-18-16(14-22(29)30)6-5-9-21(18)28-23(31)20-8-4-3-7-19(20)15-10-12-17(13-11-15)24(25,26)27/h3-13H,2,14H2,1H3,(H,28,31)(H,29,30). The maximum absolute atomic E-state index is 13.0. The number of amides is 1. The van der Waals surface area contributed by atoms with Gasteiger partial charge in [0.15, 0.2) is 0 Å². The molecule has 0 unspecified atom stereocenters. The van der Waals surface area contributed by atoms with Crippen molar-refractivity contribution in [2.24, 2.45) is 0 Å². The number of alkyl halides is 3. The highest BCUT2D eigenvalue weighted by atomic mass is 19.4. The van der Waals surface area contributed by atoms with Crippen LogP contribution in [0.2, 0.25) is 0 Å². The molecule has 0 bridgehead atoms. The van der Waals surface area contributed by atoms with Gasteiger partial charge in [0.25, 0.3) is 5.91 Å². The Morgan fingerprint density at radius 2 is 1.61 bits per heavy atom. The largest absolute Gasteiger partial charge is 0.481 e. The Bertz CT molecular complexity index is 1110. The van der Waals surface area contributed by atoms with Crippen molar-refractivity contribution in [2.75, 3.05) is 5.32 Å². The maximum Gasteiger partial charge on any atom is 0.416 e. The number of anilines is 1. The van der Waals surface area contributed by atoms with Crippen molar-refractivity contribution in [3.8, 4) is 11.1 Å². The van der Waals surface area contributed by atoms with Crippen LogP contribution in [0.3, 0.4) is 0 Å². The number of aliphatic carboxylic acids is 1. The zero-order valence-electron chi connectivity index (χ0n) is 16.7. The van der Waals surface area contributed by atoms with E-state index in [9.17, 15) is 22.8 Å². The third kappa shape index (κ3) is 5.12. The molecule has 0 atom stereocenters. The molecule has 0 spiro atoms. The molecule has 0 fully saturated rings. The van der Waals surface area contributed by atoms with Gasteiger partial charge < -0.3 is 10.4 Å². The number of carbonyl (C=O) groups excluding carboxylic acids is 1. The predicted molar refractivity (Wildman–Crippen MR) is 112 cm³/mol. The van der Waals surface area contributed by atoms with Crippen LogP contribution >= 0.6 is 0 Å². The van der Waals surface area contributed by atoms with E-state index in [0.29, 0.717) is 34.4 Å². The summed E-state index contributed by atoms with van der Waals surface area (Å²) in [4.78, 5) is 24.2. The molecule has 0 aliphatic carbocycles. The number of carboxylic acids is 1. The van der Waals surface area contributed by atoms with E-state index in [0.717, 1.165) is 17.7 Å². The van der Waals surface area contributed by atoms with Crippen molar-refractivity contribution in [3.63, 3.8) is 0 Å². The molecule has 1 amide bonds. The third-order valence-corrected chi connectivity index (χ3v) is 4.91. The topological polar surface area (TPSA) is 66.4 Å². The Hall–Kier alpha value is -3.61. The Morgan fingerprint density at radius 3 is 2.23 bits per heavy atom. The van der Waals surface area contributed by atoms with Crippen molar-refractivity contribution in [1.29, 1.82) is 0 Å². The van der Waals surface area contributed by atoms with Gasteiger partial charge in [-0.2, -0.15) is 13.2 Å². The van der Waals surface area contributed by atoms with E-state index in [1.54, 1.807) is 42.5 Å².